The highest BCUT2D eigenvalue weighted by Crippen LogP contribution is 2.43. The van der Waals surface area contributed by atoms with Crippen molar-refractivity contribution in [3.05, 3.63) is 48.6 Å². The van der Waals surface area contributed by atoms with Gasteiger partial charge in [0.15, 0.2) is 0 Å². The number of phosphoric acid groups is 1. The molecule has 0 aliphatic heterocycles. The summed E-state index contributed by atoms with van der Waals surface area (Å²) < 4.78 is 33.4. The summed E-state index contributed by atoms with van der Waals surface area (Å²) in [6.45, 7) is 4.82. The minimum Gasteiger partial charge on any atom is -0.457 e. The summed E-state index contributed by atoms with van der Waals surface area (Å²) in [6, 6.07) is 0. The Morgan fingerprint density at radius 1 is 0.554 bits per heavy atom. The summed E-state index contributed by atoms with van der Waals surface area (Å²) >= 11 is 0. The number of nitrogens with two attached hydrogens (primary N) is 1. The van der Waals surface area contributed by atoms with Gasteiger partial charge in [-0.2, -0.15) is 0 Å². The molecule has 0 aromatic rings. The van der Waals surface area contributed by atoms with Gasteiger partial charge in [0.1, 0.15) is 6.10 Å². The molecule has 8 nitrogen and oxygen atoms in total. The number of carbonyl (C=O) groups excluding carboxylic acids is 1. The van der Waals surface area contributed by atoms with Crippen LogP contribution in [-0.2, 0) is 27.9 Å². The van der Waals surface area contributed by atoms with Crippen LogP contribution in [0.3, 0.4) is 0 Å². The third-order valence-electron chi connectivity index (χ3n) is 9.76. The second kappa shape index (κ2) is 44.6. The lowest BCUT2D eigenvalue weighted by Crippen LogP contribution is -2.28. The van der Waals surface area contributed by atoms with Gasteiger partial charge in [-0.3, -0.25) is 13.8 Å². The maximum Gasteiger partial charge on any atom is 0.472 e. The van der Waals surface area contributed by atoms with Crippen LogP contribution < -0.4 is 5.73 Å². The minimum atomic E-state index is -4.27. The van der Waals surface area contributed by atoms with Crippen LogP contribution in [0.1, 0.15) is 206 Å². The molecule has 0 fully saturated rings. The predicted octanol–water partition coefficient (Wildman–Crippen LogP) is 14.0. The zero-order chi connectivity index (χ0) is 40.9. The van der Waals surface area contributed by atoms with Crippen molar-refractivity contribution in [3.8, 4) is 0 Å². The molecule has 0 spiro atoms. The summed E-state index contributed by atoms with van der Waals surface area (Å²) in [5, 5.41) is 0. The van der Waals surface area contributed by atoms with E-state index < -0.39 is 13.9 Å². The fourth-order valence-corrected chi connectivity index (χ4v) is 7.17. The highest BCUT2D eigenvalue weighted by atomic mass is 31.2. The molecule has 0 radical (unpaired) electrons. The second-order valence-corrected chi connectivity index (χ2v) is 16.7. The van der Waals surface area contributed by atoms with Gasteiger partial charge < -0.3 is 20.1 Å². The van der Waals surface area contributed by atoms with Crippen LogP contribution in [0.4, 0.5) is 0 Å². The largest absolute Gasteiger partial charge is 0.472 e. The Morgan fingerprint density at radius 3 is 1.50 bits per heavy atom. The summed E-state index contributed by atoms with van der Waals surface area (Å²) in [5.41, 5.74) is 5.37. The average Bonchev–Trinajstić information content (AvgIpc) is 3.19. The number of ether oxygens (including phenoxy) is 2. The number of rotatable bonds is 44. The molecule has 0 saturated carbocycles. The number of allylic oxidation sites excluding steroid dienone is 8. The molecule has 56 heavy (non-hydrogen) atoms. The van der Waals surface area contributed by atoms with E-state index >= 15 is 0 Å². The first kappa shape index (κ1) is 54.5. The number of esters is 1. The van der Waals surface area contributed by atoms with Gasteiger partial charge >= 0.3 is 13.8 Å². The standard InChI is InChI=1S/C47H88NO7P/c1-3-5-7-9-11-13-15-16-17-18-19-20-21-22-23-24-25-26-27-28-29-31-33-35-37-39-42-52-44-46(45-54-56(50,51)53-43-41-48)55-47(49)40-38-36-34-32-30-14-12-10-8-6-4-2/h5,7,11,13,16-17,19-20,46H,3-4,6,8-10,12,14-15,18,21-45,48H2,1-2H3,(H,50,51)/b7-5-,13-11-,17-16-,20-19-. The van der Waals surface area contributed by atoms with Gasteiger partial charge in [-0.05, 0) is 51.4 Å². The van der Waals surface area contributed by atoms with Crippen molar-refractivity contribution >= 4 is 13.8 Å². The molecule has 0 bridgehead atoms. The fourth-order valence-electron chi connectivity index (χ4n) is 6.40. The van der Waals surface area contributed by atoms with Gasteiger partial charge in [0.25, 0.3) is 0 Å². The minimum absolute atomic E-state index is 0.0950. The summed E-state index contributed by atoms with van der Waals surface area (Å²) in [5.74, 6) is -0.331. The number of hydrogen-bond acceptors (Lipinski definition) is 7. The smallest absolute Gasteiger partial charge is 0.457 e. The molecule has 2 atom stereocenters. The molecule has 0 heterocycles. The first-order chi connectivity index (χ1) is 27.4. The molecule has 0 rings (SSSR count). The molecule has 2 unspecified atom stereocenters. The third kappa shape index (κ3) is 43.6. The monoisotopic (exact) mass is 810 g/mol. The first-order valence-electron chi connectivity index (χ1n) is 23.1. The van der Waals surface area contributed by atoms with Gasteiger partial charge in [-0.1, -0.05) is 197 Å². The van der Waals surface area contributed by atoms with Gasteiger partial charge in [-0.25, -0.2) is 4.57 Å². The van der Waals surface area contributed by atoms with Crippen LogP contribution in [0, 0.1) is 0 Å². The molecule has 0 aliphatic carbocycles. The van der Waals surface area contributed by atoms with Crippen LogP contribution in [-0.4, -0.2) is 49.9 Å². The number of carbonyl (C=O) groups is 1. The lowest BCUT2D eigenvalue weighted by Gasteiger charge is -2.20. The predicted molar refractivity (Wildman–Crippen MR) is 238 cm³/mol. The van der Waals surface area contributed by atoms with E-state index in [0.717, 1.165) is 57.8 Å². The van der Waals surface area contributed by atoms with Crippen molar-refractivity contribution in [2.75, 3.05) is 33.0 Å². The van der Waals surface area contributed by atoms with Crippen molar-refractivity contribution in [1.29, 1.82) is 0 Å². The number of unbranched alkanes of at least 4 members (excludes halogenated alkanes) is 23. The van der Waals surface area contributed by atoms with Crippen molar-refractivity contribution in [3.63, 3.8) is 0 Å². The molecule has 0 saturated heterocycles. The third-order valence-corrected chi connectivity index (χ3v) is 10.7. The summed E-state index contributed by atoms with van der Waals surface area (Å²) in [7, 11) is -4.27. The van der Waals surface area contributed by atoms with Crippen LogP contribution in [0.15, 0.2) is 48.6 Å². The molecule has 9 heteroatoms. The van der Waals surface area contributed by atoms with E-state index in [1.807, 2.05) is 0 Å². The SMILES string of the molecule is CC/C=C\C/C=C\C/C=C\C/C=C\CCCCCCCCCCCCCCCOCC(COP(=O)(O)OCCN)OC(=O)CCCCCCCCCCCCC. The Bertz CT molecular complexity index is 999. The van der Waals surface area contributed by atoms with Crippen LogP contribution >= 0.6 is 7.82 Å². The molecular weight excluding hydrogens is 721 g/mol. The van der Waals surface area contributed by atoms with E-state index in [-0.39, 0.29) is 32.3 Å². The van der Waals surface area contributed by atoms with Gasteiger partial charge in [0.2, 0.25) is 0 Å². The topological polar surface area (TPSA) is 117 Å². The fraction of sp³-hybridized carbons (Fsp3) is 0.809. The normalized spacial score (nSPS) is 13.9. The van der Waals surface area contributed by atoms with E-state index in [1.54, 1.807) is 0 Å². The summed E-state index contributed by atoms with van der Waals surface area (Å²) in [4.78, 5) is 22.4. The van der Waals surface area contributed by atoms with E-state index in [1.165, 1.54) is 128 Å². The zero-order valence-electron chi connectivity index (χ0n) is 36.4. The Hall–Kier alpha value is -1.54. The van der Waals surface area contributed by atoms with E-state index in [9.17, 15) is 14.3 Å². The van der Waals surface area contributed by atoms with E-state index in [2.05, 4.69) is 62.5 Å². The Kier molecular flexibility index (Phi) is 43.3. The first-order valence-corrected chi connectivity index (χ1v) is 24.6. The quantitative estimate of drug-likeness (QED) is 0.0270. The van der Waals surface area contributed by atoms with Crippen molar-refractivity contribution in [2.45, 2.75) is 213 Å². The molecular formula is C47H88NO7P. The molecule has 0 aromatic heterocycles. The van der Waals surface area contributed by atoms with E-state index in [4.69, 9.17) is 24.3 Å². The maximum absolute atomic E-state index is 12.5. The second-order valence-electron chi connectivity index (χ2n) is 15.2. The lowest BCUT2D eigenvalue weighted by atomic mass is 10.0. The highest BCUT2D eigenvalue weighted by molar-refractivity contribution is 7.47. The highest BCUT2D eigenvalue weighted by Gasteiger charge is 2.25. The molecule has 0 aliphatic rings. The van der Waals surface area contributed by atoms with Gasteiger partial charge in [-0.15, -0.1) is 0 Å². The summed E-state index contributed by atoms with van der Waals surface area (Å²) in [6.07, 6.45) is 52.9. The van der Waals surface area contributed by atoms with Crippen molar-refractivity contribution in [1.82, 2.24) is 0 Å². The Labute approximate surface area is 345 Å². The average molecular weight is 810 g/mol. The van der Waals surface area contributed by atoms with Crippen LogP contribution in [0.25, 0.3) is 0 Å². The number of hydrogen-bond donors (Lipinski definition) is 2. The molecule has 3 N–H and O–H groups in total. The van der Waals surface area contributed by atoms with E-state index in [0.29, 0.717) is 13.0 Å². The van der Waals surface area contributed by atoms with Crippen molar-refractivity contribution in [2.24, 2.45) is 5.73 Å². The maximum atomic E-state index is 12.5. The molecule has 328 valence electrons. The Morgan fingerprint density at radius 2 is 1.00 bits per heavy atom. The molecule has 0 amide bonds. The molecule has 0 aromatic carbocycles. The lowest BCUT2D eigenvalue weighted by molar-refractivity contribution is -0.154. The van der Waals surface area contributed by atoms with Crippen molar-refractivity contribution < 1.29 is 32.8 Å². The number of phosphoric ester groups is 1. The van der Waals surface area contributed by atoms with Gasteiger partial charge in [0.05, 0.1) is 19.8 Å². The Balaban J connectivity index is 3.87. The zero-order valence-corrected chi connectivity index (χ0v) is 37.3. The van der Waals surface area contributed by atoms with Crippen LogP contribution in [0.2, 0.25) is 0 Å². The van der Waals surface area contributed by atoms with Gasteiger partial charge in [0, 0.05) is 19.6 Å². The van der Waals surface area contributed by atoms with Crippen LogP contribution in [0.5, 0.6) is 0 Å².